The van der Waals surface area contributed by atoms with E-state index in [1.54, 1.807) is 0 Å². The molecule has 6 heteroatoms. The van der Waals surface area contributed by atoms with E-state index in [4.69, 9.17) is 9.20 Å². The molecule has 1 heterocycles. The molecule has 1 aromatic rings. The molecule has 0 saturated carbocycles. The number of hydrogen-bond acceptors (Lipinski definition) is 4. The fourth-order valence-corrected chi connectivity index (χ4v) is 1.30. The zero-order valence-electron chi connectivity index (χ0n) is 5.81. The fraction of sp³-hybridized carbons (Fsp3) is 0. The third-order valence-corrected chi connectivity index (χ3v) is 2.55. The van der Waals surface area contributed by atoms with Gasteiger partial charge >= 0.3 is 0 Å². The second-order valence-electron chi connectivity index (χ2n) is 1.84. The number of thiol groups is 1. The van der Waals surface area contributed by atoms with E-state index in [-0.39, 0.29) is 5.76 Å². The lowest BCUT2D eigenvalue weighted by Gasteiger charge is -1.93. The molecule has 1 rings (SSSR count). The molecular weight excluding hydrogens is 198 g/mol. The molecule has 0 radical (unpaired) electrons. The molecule has 0 aliphatic carbocycles. The predicted molar refractivity (Wildman–Crippen MR) is 47.5 cm³/mol. The van der Waals surface area contributed by atoms with Gasteiger partial charge in [0.15, 0.2) is 5.76 Å². The summed E-state index contributed by atoms with van der Waals surface area (Å²) in [4.78, 5) is 21.6. The van der Waals surface area contributed by atoms with Crippen molar-refractivity contribution < 1.29 is 14.0 Å². The molecule has 1 atom stereocenters. The van der Waals surface area contributed by atoms with Crippen LogP contribution in [0, 0.1) is 4.78 Å². The van der Waals surface area contributed by atoms with E-state index in [1.807, 2.05) is 0 Å². The van der Waals surface area contributed by atoms with Crippen LogP contribution >= 0.6 is 12.6 Å². The Hall–Kier alpha value is -0.880. The molecule has 12 heavy (non-hydrogen) atoms. The first-order chi connectivity index (χ1) is 5.63. The Morgan fingerprint density at radius 3 is 2.67 bits per heavy atom. The number of hydrogen-bond donors (Lipinski definition) is 2. The van der Waals surface area contributed by atoms with Crippen molar-refractivity contribution in [1.29, 1.82) is 4.78 Å². The third kappa shape index (κ3) is 1.83. The van der Waals surface area contributed by atoms with Crippen LogP contribution in [0.3, 0.4) is 0 Å². The van der Waals surface area contributed by atoms with Gasteiger partial charge in [-0.15, -0.1) is 0 Å². The molecule has 0 fully saturated rings. The second kappa shape index (κ2) is 3.68. The zero-order valence-corrected chi connectivity index (χ0v) is 7.52. The average Bonchev–Trinajstić information content (AvgIpc) is 2.53. The van der Waals surface area contributed by atoms with Crippen molar-refractivity contribution in [2.45, 2.75) is 0 Å². The molecule has 64 valence electrons. The molecule has 0 aliphatic rings. The average molecular weight is 203 g/mol. The van der Waals surface area contributed by atoms with E-state index in [1.165, 1.54) is 18.4 Å². The van der Waals surface area contributed by atoms with E-state index in [2.05, 4.69) is 12.6 Å². The van der Waals surface area contributed by atoms with Crippen molar-refractivity contribution in [3.63, 3.8) is 0 Å². The first kappa shape index (κ1) is 9.21. The molecule has 1 aromatic heterocycles. The molecule has 4 nitrogen and oxygen atoms in total. The van der Waals surface area contributed by atoms with Crippen LogP contribution in [-0.2, 0) is 10.7 Å². The third-order valence-electron chi connectivity index (χ3n) is 1.08. The number of rotatable bonds is 1. The summed E-state index contributed by atoms with van der Waals surface area (Å²) >= 11 is 3.39. The van der Waals surface area contributed by atoms with Gasteiger partial charge in [-0.3, -0.25) is 14.4 Å². The first-order valence-corrected chi connectivity index (χ1v) is 4.56. The number of furan rings is 1. The minimum atomic E-state index is -1.75. The van der Waals surface area contributed by atoms with Gasteiger partial charge < -0.3 is 4.42 Å². The van der Waals surface area contributed by atoms with Gasteiger partial charge in [0.05, 0.1) is 17.0 Å². The van der Waals surface area contributed by atoms with Gasteiger partial charge in [-0.05, 0) is 12.1 Å². The van der Waals surface area contributed by atoms with Crippen LogP contribution < -0.4 is 0 Å². The highest BCUT2D eigenvalue weighted by Gasteiger charge is 2.17. The largest absolute Gasteiger partial charge is 0.460 e. The minimum absolute atomic E-state index is 0.0238. The molecular formula is C6H5NO3S2. The summed E-state index contributed by atoms with van der Waals surface area (Å²) in [6.45, 7) is 0. The number of carbonyl (C=O) groups is 2. The van der Waals surface area contributed by atoms with Crippen LogP contribution in [-0.4, -0.2) is 9.56 Å². The van der Waals surface area contributed by atoms with Gasteiger partial charge in [0, 0.05) is 0 Å². The lowest BCUT2D eigenvalue weighted by molar-refractivity contribution is 0.106. The fourth-order valence-electron chi connectivity index (χ4n) is 0.575. The molecule has 1 unspecified atom stereocenters. The Labute approximate surface area is 76.3 Å². The monoisotopic (exact) mass is 203 g/mol. The van der Waals surface area contributed by atoms with Gasteiger partial charge in [0.25, 0.3) is 9.56 Å². The quantitative estimate of drug-likeness (QED) is 0.684. The molecule has 0 aliphatic heterocycles. The summed E-state index contributed by atoms with van der Waals surface area (Å²) in [6.07, 6.45) is 1.31. The van der Waals surface area contributed by atoms with Gasteiger partial charge in [0.2, 0.25) is 0 Å². The minimum Gasteiger partial charge on any atom is -0.460 e. The Morgan fingerprint density at radius 1 is 1.58 bits per heavy atom. The van der Waals surface area contributed by atoms with Crippen molar-refractivity contribution in [2.75, 3.05) is 0 Å². The highest BCUT2D eigenvalue weighted by Crippen LogP contribution is 2.07. The van der Waals surface area contributed by atoms with E-state index in [0.717, 1.165) is 0 Å². The van der Waals surface area contributed by atoms with Crippen LogP contribution in [0.2, 0.25) is 0 Å². The molecule has 0 saturated heterocycles. The Bertz CT molecular complexity index is 331. The molecule has 0 bridgehead atoms. The van der Waals surface area contributed by atoms with Crippen molar-refractivity contribution in [2.24, 2.45) is 0 Å². The van der Waals surface area contributed by atoms with Crippen molar-refractivity contribution in [1.82, 2.24) is 0 Å². The zero-order chi connectivity index (χ0) is 9.14. The first-order valence-electron chi connectivity index (χ1n) is 2.89. The van der Waals surface area contributed by atoms with E-state index >= 15 is 0 Å². The Morgan fingerprint density at radius 2 is 2.25 bits per heavy atom. The van der Waals surface area contributed by atoms with E-state index in [0.29, 0.717) is 0 Å². The topological polar surface area (TPSA) is 71.1 Å². The lowest BCUT2D eigenvalue weighted by Crippen LogP contribution is -2.09. The summed E-state index contributed by atoms with van der Waals surface area (Å²) in [5.74, 6) is 0.0238. The van der Waals surface area contributed by atoms with Gasteiger partial charge in [-0.25, -0.2) is 0 Å². The number of carbonyl (C=O) groups excluding carboxylic acids is 2. The Kier molecular flexibility index (Phi) is 2.83. The van der Waals surface area contributed by atoms with E-state index in [9.17, 15) is 9.59 Å². The van der Waals surface area contributed by atoms with Crippen LogP contribution in [0.15, 0.2) is 22.8 Å². The summed E-state index contributed by atoms with van der Waals surface area (Å²) in [5, 5.41) is -0.639. The van der Waals surface area contributed by atoms with Crippen molar-refractivity contribution in [3.05, 3.63) is 24.2 Å². The highest BCUT2D eigenvalue weighted by atomic mass is 32.2. The highest BCUT2D eigenvalue weighted by molar-refractivity contribution is 8.31. The summed E-state index contributed by atoms with van der Waals surface area (Å²) < 4.78 is 11.1. The molecule has 0 amide bonds. The summed E-state index contributed by atoms with van der Waals surface area (Å²) in [6, 6.07) is 2.93. The van der Waals surface area contributed by atoms with Gasteiger partial charge in [-0.2, -0.15) is 0 Å². The lowest BCUT2D eigenvalue weighted by atomic mass is 10.5. The van der Waals surface area contributed by atoms with Crippen LogP contribution in [0.5, 0.6) is 0 Å². The predicted octanol–water partition coefficient (Wildman–Crippen LogP) is 1.85. The number of nitrogens with one attached hydrogen (secondary N) is 1. The molecule has 0 spiro atoms. The Balaban J connectivity index is 2.87. The van der Waals surface area contributed by atoms with Crippen molar-refractivity contribution in [3.8, 4) is 0 Å². The smallest absolute Gasteiger partial charge is 0.272 e. The SMILES string of the molecule is N=S(C(=O)S)C(=O)c1ccco1. The standard InChI is InChI=1S/C6H5NO3S2/c7-12(6(9)11)5(8)4-2-1-3-10-4/h1-3,7H,(H,9,11). The van der Waals surface area contributed by atoms with Crippen LogP contribution in [0.25, 0.3) is 0 Å². The normalized spacial score (nSPS) is 12.4. The molecule has 1 N–H and O–H groups in total. The maximum absolute atomic E-state index is 11.1. The van der Waals surface area contributed by atoms with Gasteiger partial charge in [0.1, 0.15) is 0 Å². The summed E-state index contributed by atoms with van der Waals surface area (Å²) in [5.41, 5.74) is 0. The van der Waals surface area contributed by atoms with E-state index < -0.39 is 20.3 Å². The maximum atomic E-state index is 11.1. The van der Waals surface area contributed by atoms with Crippen LogP contribution in [0.4, 0.5) is 4.79 Å². The maximum Gasteiger partial charge on any atom is 0.272 e. The van der Waals surface area contributed by atoms with Gasteiger partial charge in [-0.1, -0.05) is 12.6 Å². The summed E-state index contributed by atoms with van der Waals surface area (Å²) in [7, 11) is -1.75. The van der Waals surface area contributed by atoms with Crippen molar-refractivity contribution >= 4 is 32.9 Å². The van der Waals surface area contributed by atoms with Crippen LogP contribution in [0.1, 0.15) is 10.6 Å². The molecule has 0 aromatic carbocycles. The second-order valence-corrected chi connectivity index (χ2v) is 3.90.